The summed E-state index contributed by atoms with van der Waals surface area (Å²) in [5, 5.41) is 0.107. The molecule has 0 bridgehead atoms. The van der Waals surface area contributed by atoms with Crippen molar-refractivity contribution in [2.24, 2.45) is 0 Å². The van der Waals surface area contributed by atoms with Gasteiger partial charge in [-0.05, 0) is 0 Å². The Morgan fingerprint density at radius 1 is 1.14 bits per heavy atom. The molecule has 1 aromatic carbocycles. The van der Waals surface area contributed by atoms with Crippen LogP contribution in [0.4, 0.5) is 10.2 Å². The summed E-state index contributed by atoms with van der Waals surface area (Å²) in [7, 11) is -1.62. The van der Waals surface area contributed by atoms with Crippen LogP contribution in [0.25, 0.3) is 0 Å². The summed E-state index contributed by atoms with van der Waals surface area (Å²) in [6.07, 6.45) is 2.30. The van der Waals surface area contributed by atoms with Crippen LogP contribution < -0.4 is 14.2 Å². The summed E-state index contributed by atoms with van der Waals surface area (Å²) in [6.45, 7) is 0. The van der Waals surface area contributed by atoms with E-state index in [1.54, 1.807) is 0 Å². The smallest absolute Gasteiger partial charge is 0.266 e. The lowest BCUT2D eigenvalue weighted by atomic mass is 10.3. The number of nitrogens with zero attached hydrogens (tertiary/aromatic N) is 2. The highest BCUT2D eigenvalue weighted by Crippen LogP contribution is 2.32. The van der Waals surface area contributed by atoms with Gasteiger partial charge in [0.05, 0.1) is 26.6 Å². The predicted octanol–water partition coefficient (Wildman–Crippen LogP) is 2.09. The molecule has 1 aromatic heterocycles. The number of benzene rings is 1. The van der Waals surface area contributed by atoms with Crippen molar-refractivity contribution in [2.45, 2.75) is 4.90 Å². The Hall–Kier alpha value is -2.13. The molecule has 0 saturated heterocycles. The molecule has 0 atom stereocenters. The summed E-state index contributed by atoms with van der Waals surface area (Å²) in [4.78, 5) is 7.05. The van der Waals surface area contributed by atoms with E-state index in [4.69, 9.17) is 21.1 Å². The van der Waals surface area contributed by atoms with E-state index in [9.17, 15) is 12.8 Å². The maximum Gasteiger partial charge on any atom is 0.266 e. The van der Waals surface area contributed by atoms with Gasteiger partial charge in [-0.15, -0.1) is 0 Å². The molecular formula is C12H11ClFN3O4S. The van der Waals surface area contributed by atoms with Gasteiger partial charge in [-0.2, -0.15) is 0 Å². The average molecular weight is 348 g/mol. The van der Waals surface area contributed by atoms with E-state index < -0.39 is 20.7 Å². The van der Waals surface area contributed by atoms with Gasteiger partial charge in [0.25, 0.3) is 10.0 Å². The number of methoxy groups -OCH3 is 2. The molecule has 2 aromatic rings. The molecule has 1 heterocycles. The number of nitrogens with one attached hydrogen (secondary N) is 1. The molecule has 0 aliphatic carbocycles. The van der Waals surface area contributed by atoms with Crippen LogP contribution in [0.5, 0.6) is 11.5 Å². The van der Waals surface area contributed by atoms with Gasteiger partial charge in [-0.25, -0.2) is 22.8 Å². The SMILES string of the molecule is COc1cc(OC)c(S(=O)(=O)Nc2cnc(Cl)cn2)cc1F. The van der Waals surface area contributed by atoms with Gasteiger partial charge in [-0.1, -0.05) is 11.6 Å². The van der Waals surface area contributed by atoms with Crippen molar-refractivity contribution in [3.8, 4) is 11.5 Å². The summed E-state index contributed by atoms with van der Waals surface area (Å²) >= 11 is 5.57. The first-order chi connectivity index (χ1) is 10.4. The third-order valence-corrected chi connectivity index (χ3v) is 4.16. The summed E-state index contributed by atoms with van der Waals surface area (Å²) in [5.41, 5.74) is 0. The molecular weight excluding hydrogens is 337 g/mol. The minimum absolute atomic E-state index is 0.0670. The van der Waals surface area contributed by atoms with Gasteiger partial charge in [0.2, 0.25) is 0 Å². The summed E-state index contributed by atoms with van der Waals surface area (Å²) < 4.78 is 50.3. The second-order valence-corrected chi connectivity index (χ2v) is 6.01. The molecule has 0 aliphatic heterocycles. The average Bonchev–Trinajstić information content (AvgIpc) is 2.49. The Kier molecular flexibility index (Phi) is 4.67. The lowest BCUT2D eigenvalue weighted by Gasteiger charge is -2.12. The fourth-order valence-electron chi connectivity index (χ4n) is 1.60. The first-order valence-corrected chi connectivity index (χ1v) is 7.65. The van der Waals surface area contributed by atoms with Crippen molar-refractivity contribution in [1.82, 2.24) is 9.97 Å². The highest BCUT2D eigenvalue weighted by Gasteiger charge is 2.23. The highest BCUT2D eigenvalue weighted by atomic mass is 35.5. The number of hydrogen-bond donors (Lipinski definition) is 1. The molecule has 2 rings (SSSR count). The monoisotopic (exact) mass is 347 g/mol. The zero-order valence-corrected chi connectivity index (χ0v) is 13.1. The fourth-order valence-corrected chi connectivity index (χ4v) is 2.85. The number of aromatic nitrogens is 2. The molecule has 0 unspecified atom stereocenters. The molecule has 10 heteroatoms. The van der Waals surface area contributed by atoms with Crippen molar-refractivity contribution in [1.29, 1.82) is 0 Å². The molecule has 0 amide bonds. The number of sulfonamides is 1. The molecule has 1 N–H and O–H groups in total. The van der Waals surface area contributed by atoms with Gasteiger partial charge in [-0.3, -0.25) is 4.72 Å². The van der Waals surface area contributed by atoms with E-state index >= 15 is 0 Å². The van der Waals surface area contributed by atoms with Crippen molar-refractivity contribution < 1.29 is 22.3 Å². The predicted molar refractivity (Wildman–Crippen MR) is 77.4 cm³/mol. The number of hydrogen-bond acceptors (Lipinski definition) is 6. The topological polar surface area (TPSA) is 90.4 Å². The lowest BCUT2D eigenvalue weighted by Crippen LogP contribution is -2.15. The minimum atomic E-state index is -4.13. The zero-order chi connectivity index (χ0) is 16.3. The molecule has 118 valence electrons. The van der Waals surface area contributed by atoms with Crippen LogP contribution in [0.1, 0.15) is 0 Å². The fraction of sp³-hybridized carbons (Fsp3) is 0.167. The third kappa shape index (κ3) is 3.37. The quantitative estimate of drug-likeness (QED) is 0.890. The van der Waals surface area contributed by atoms with Crippen LogP contribution in [0.15, 0.2) is 29.4 Å². The van der Waals surface area contributed by atoms with E-state index in [-0.39, 0.29) is 22.5 Å². The molecule has 7 nitrogen and oxygen atoms in total. The van der Waals surface area contributed by atoms with Crippen molar-refractivity contribution in [3.05, 3.63) is 35.5 Å². The highest BCUT2D eigenvalue weighted by molar-refractivity contribution is 7.92. The van der Waals surface area contributed by atoms with Crippen LogP contribution in [0.2, 0.25) is 5.15 Å². The Bertz CT molecular complexity index is 784. The summed E-state index contributed by atoms with van der Waals surface area (Å²) in [5.74, 6) is -1.12. The van der Waals surface area contributed by atoms with Gasteiger partial charge in [0.15, 0.2) is 17.4 Å². The maximum atomic E-state index is 13.8. The van der Waals surface area contributed by atoms with Crippen molar-refractivity contribution >= 4 is 27.4 Å². The number of halogens is 2. The Balaban J connectivity index is 2.44. The second-order valence-electron chi connectivity index (χ2n) is 3.97. The minimum Gasteiger partial charge on any atom is -0.495 e. The molecule has 0 fully saturated rings. The van der Waals surface area contributed by atoms with E-state index in [0.29, 0.717) is 0 Å². The molecule has 0 radical (unpaired) electrons. The van der Waals surface area contributed by atoms with Gasteiger partial charge in [0, 0.05) is 12.1 Å². The number of anilines is 1. The molecule has 22 heavy (non-hydrogen) atoms. The van der Waals surface area contributed by atoms with Gasteiger partial charge >= 0.3 is 0 Å². The van der Waals surface area contributed by atoms with Crippen LogP contribution in [0.3, 0.4) is 0 Å². The van der Waals surface area contributed by atoms with Crippen LogP contribution in [-0.4, -0.2) is 32.6 Å². The van der Waals surface area contributed by atoms with E-state index in [0.717, 1.165) is 18.3 Å². The van der Waals surface area contributed by atoms with E-state index in [1.165, 1.54) is 20.4 Å². The molecule has 0 aliphatic rings. The third-order valence-electron chi connectivity index (χ3n) is 2.59. The zero-order valence-electron chi connectivity index (χ0n) is 11.5. The van der Waals surface area contributed by atoms with Crippen LogP contribution in [0, 0.1) is 5.82 Å². The van der Waals surface area contributed by atoms with E-state index in [2.05, 4.69) is 14.7 Å². The summed E-state index contributed by atoms with van der Waals surface area (Å²) in [6, 6.07) is 1.93. The van der Waals surface area contributed by atoms with E-state index in [1.807, 2.05) is 0 Å². The number of rotatable bonds is 5. The molecule has 0 saturated carbocycles. The first kappa shape index (κ1) is 16.2. The van der Waals surface area contributed by atoms with Gasteiger partial charge < -0.3 is 9.47 Å². The standard InChI is InChI=1S/C12H11ClFN3O4S/c1-20-8-4-9(21-2)10(3-7(8)14)22(18,19)17-12-6-15-11(13)5-16-12/h3-6H,1-2H3,(H,16,17). The van der Waals surface area contributed by atoms with Crippen molar-refractivity contribution in [3.63, 3.8) is 0 Å². The van der Waals surface area contributed by atoms with Gasteiger partial charge in [0.1, 0.15) is 15.8 Å². The lowest BCUT2D eigenvalue weighted by molar-refractivity contribution is 0.367. The maximum absolute atomic E-state index is 13.8. The van der Waals surface area contributed by atoms with Crippen LogP contribution >= 0.6 is 11.6 Å². The normalized spacial score (nSPS) is 11.1. The molecule has 0 spiro atoms. The van der Waals surface area contributed by atoms with Crippen molar-refractivity contribution in [2.75, 3.05) is 18.9 Å². The second kappa shape index (κ2) is 6.32. The van der Waals surface area contributed by atoms with Crippen LogP contribution in [-0.2, 0) is 10.0 Å². The Labute approximate surface area is 131 Å². The Morgan fingerprint density at radius 3 is 2.36 bits per heavy atom. The Morgan fingerprint density at radius 2 is 1.82 bits per heavy atom. The largest absolute Gasteiger partial charge is 0.495 e. The number of ether oxygens (including phenoxy) is 2. The first-order valence-electron chi connectivity index (χ1n) is 5.79.